The van der Waals surface area contributed by atoms with Crippen LogP contribution in [0.25, 0.3) is 0 Å². The van der Waals surface area contributed by atoms with E-state index in [0.717, 1.165) is 31.6 Å². The molecule has 2 atom stereocenters. The zero-order valence-corrected chi connectivity index (χ0v) is 9.67. The number of pyridine rings is 1. The normalized spacial score (nSPS) is 20.9. The fourth-order valence-electron chi connectivity index (χ4n) is 2.09. The van der Waals surface area contributed by atoms with Crippen molar-refractivity contribution in [1.82, 2.24) is 10.0 Å². The van der Waals surface area contributed by atoms with Crippen molar-refractivity contribution < 1.29 is 4.84 Å². The van der Waals surface area contributed by atoms with Crippen molar-refractivity contribution >= 4 is 0 Å². The summed E-state index contributed by atoms with van der Waals surface area (Å²) in [6, 6.07) is 4.22. The molecule has 1 fully saturated rings. The molecular formula is C12H19N3O. The van der Waals surface area contributed by atoms with Crippen molar-refractivity contribution in [3.63, 3.8) is 0 Å². The molecule has 1 aliphatic heterocycles. The lowest BCUT2D eigenvalue weighted by atomic mass is 9.99. The van der Waals surface area contributed by atoms with Crippen molar-refractivity contribution in [2.24, 2.45) is 5.73 Å². The minimum Gasteiger partial charge on any atom is -0.326 e. The van der Waals surface area contributed by atoms with Crippen LogP contribution >= 0.6 is 0 Å². The van der Waals surface area contributed by atoms with Gasteiger partial charge in [-0.1, -0.05) is 13.0 Å². The molecule has 2 unspecified atom stereocenters. The zero-order chi connectivity index (χ0) is 11.4. The van der Waals surface area contributed by atoms with Gasteiger partial charge in [-0.25, -0.2) is 0 Å². The summed E-state index contributed by atoms with van der Waals surface area (Å²) in [7, 11) is 0. The Morgan fingerprint density at radius 1 is 1.62 bits per heavy atom. The first kappa shape index (κ1) is 11.5. The molecule has 0 aliphatic carbocycles. The molecule has 0 bridgehead atoms. The Hall–Kier alpha value is -0.970. The SMILES string of the molecule is CCC(N)C(c1cccnc1)N1CCCO1. The summed E-state index contributed by atoms with van der Waals surface area (Å²) in [5, 5.41) is 2.01. The molecule has 1 aromatic heterocycles. The molecule has 4 nitrogen and oxygen atoms in total. The van der Waals surface area contributed by atoms with Gasteiger partial charge in [0.2, 0.25) is 0 Å². The van der Waals surface area contributed by atoms with E-state index in [1.54, 1.807) is 6.20 Å². The fourth-order valence-corrected chi connectivity index (χ4v) is 2.09. The highest BCUT2D eigenvalue weighted by atomic mass is 16.7. The molecule has 0 aromatic carbocycles. The van der Waals surface area contributed by atoms with Crippen molar-refractivity contribution in [3.8, 4) is 0 Å². The lowest BCUT2D eigenvalue weighted by Crippen LogP contribution is -2.38. The van der Waals surface area contributed by atoms with Crippen molar-refractivity contribution in [3.05, 3.63) is 30.1 Å². The van der Waals surface area contributed by atoms with E-state index < -0.39 is 0 Å². The van der Waals surface area contributed by atoms with E-state index >= 15 is 0 Å². The second-order valence-corrected chi connectivity index (χ2v) is 4.13. The topological polar surface area (TPSA) is 51.4 Å². The summed E-state index contributed by atoms with van der Waals surface area (Å²) in [5.74, 6) is 0. The van der Waals surface area contributed by atoms with Crippen LogP contribution in [0.4, 0.5) is 0 Å². The summed E-state index contributed by atoms with van der Waals surface area (Å²) in [6.07, 6.45) is 5.66. The standard InChI is InChI=1S/C12H19N3O/c1-2-11(13)12(15-7-4-8-16-15)10-5-3-6-14-9-10/h3,5-6,9,11-12H,2,4,7-8,13H2,1H3. The predicted molar refractivity (Wildman–Crippen MR) is 62.5 cm³/mol. The third-order valence-corrected chi connectivity index (χ3v) is 2.99. The maximum Gasteiger partial charge on any atom is 0.0767 e. The quantitative estimate of drug-likeness (QED) is 0.837. The Kier molecular flexibility index (Phi) is 3.88. The average molecular weight is 221 g/mol. The minimum absolute atomic E-state index is 0.0855. The smallest absolute Gasteiger partial charge is 0.0767 e. The lowest BCUT2D eigenvalue weighted by Gasteiger charge is -2.30. The van der Waals surface area contributed by atoms with E-state index in [0.29, 0.717) is 0 Å². The van der Waals surface area contributed by atoms with Gasteiger partial charge in [0.1, 0.15) is 0 Å². The molecule has 2 heterocycles. The summed E-state index contributed by atoms with van der Waals surface area (Å²) < 4.78 is 0. The molecule has 0 saturated carbocycles. The lowest BCUT2D eigenvalue weighted by molar-refractivity contribution is -0.148. The number of nitrogens with zero attached hydrogens (tertiary/aromatic N) is 2. The van der Waals surface area contributed by atoms with E-state index in [2.05, 4.69) is 18.0 Å². The number of hydrogen-bond acceptors (Lipinski definition) is 4. The van der Waals surface area contributed by atoms with E-state index in [4.69, 9.17) is 10.6 Å². The maximum absolute atomic E-state index is 6.18. The van der Waals surface area contributed by atoms with Gasteiger partial charge < -0.3 is 5.73 Å². The van der Waals surface area contributed by atoms with Crippen molar-refractivity contribution in [1.29, 1.82) is 0 Å². The van der Waals surface area contributed by atoms with E-state index in [1.807, 2.05) is 17.3 Å². The molecule has 0 spiro atoms. The second kappa shape index (κ2) is 5.39. The second-order valence-electron chi connectivity index (χ2n) is 4.13. The van der Waals surface area contributed by atoms with Gasteiger partial charge in [-0.3, -0.25) is 9.82 Å². The van der Waals surface area contributed by atoms with Crippen LogP contribution in [-0.4, -0.2) is 29.2 Å². The van der Waals surface area contributed by atoms with Crippen LogP contribution in [0.1, 0.15) is 31.4 Å². The highest BCUT2D eigenvalue weighted by Crippen LogP contribution is 2.27. The zero-order valence-electron chi connectivity index (χ0n) is 9.67. The van der Waals surface area contributed by atoms with Crippen LogP contribution in [0.5, 0.6) is 0 Å². The van der Waals surface area contributed by atoms with E-state index in [-0.39, 0.29) is 12.1 Å². The van der Waals surface area contributed by atoms with E-state index in [9.17, 15) is 0 Å². The molecule has 88 valence electrons. The van der Waals surface area contributed by atoms with Gasteiger partial charge in [0.25, 0.3) is 0 Å². The molecule has 1 saturated heterocycles. The molecule has 1 aromatic rings. The molecule has 0 amide bonds. The Bertz CT molecular complexity index is 311. The van der Waals surface area contributed by atoms with Gasteiger partial charge in [0.15, 0.2) is 0 Å². The summed E-state index contributed by atoms with van der Waals surface area (Å²) in [4.78, 5) is 9.77. The molecule has 4 heteroatoms. The number of aromatic nitrogens is 1. The Balaban J connectivity index is 2.20. The number of hydroxylamine groups is 2. The predicted octanol–water partition coefficient (Wildman–Crippen LogP) is 1.50. The third-order valence-electron chi connectivity index (χ3n) is 2.99. The number of hydrogen-bond donors (Lipinski definition) is 1. The molecule has 1 aliphatic rings. The Morgan fingerprint density at radius 2 is 2.50 bits per heavy atom. The largest absolute Gasteiger partial charge is 0.326 e. The van der Waals surface area contributed by atoms with Crippen LogP contribution in [0, 0.1) is 0 Å². The van der Waals surface area contributed by atoms with Gasteiger partial charge in [0.05, 0.1) is 12.6 Å². The van der Waals surface area contributed by atoms with Crippen LogP contribution in [0.15, 0.2) is 24.5 Å². The first-order valence-electron chi connectivity index (χ1n) is 5.88. The van der Waals surface area contributed by atoms with Crippen LogP contribution < -0.4 is 5.73 Å². The van der Waals surface area contributed by atoms with Crippen LogP contribution in [0.2, 0.25) is 0 Å². The highest BCUT2D eigenvalue weighted by molar-refractivity contribution is 5.15. The Morgan fingerprint density at radius 3 is 3.06 bits per heavy atom. The third kappa shape index (κ3) is 2.40. The number of nitrogens with two attached hydrogens (primary N) is 1. The van der Waals surface area contributed by atoms with Crippen molar-refractivity contribution in [2.75, 3.05) is 13.2 Å². The van der Waals surface area contributed by atoms with Gasteiger partial charge >= 0.3 is 0 Å². The fraction of sp³-hybridized carbons (Fsp3) is 0.583. The van der Waals surface area contributed by atoms with Crippen molar-refractivity contribution in [2.45, 2.75) is 31.8 Å². The van der Waals surface area contributed by atoms with Crippen LogP contribution in [0.3, 0.4) is 0 Å². The van der Waals surface area contributed by atoms with Crippen LogP contribution in [-0.2, 0) is 4.84 Å². The molecular weight excluding hydrogens is 202 g/mol. The van der Waals surface area contributed by atoms with Gasteiger partial charge in [-0.2, -0.15) is 5.06 Å². The molecule has 16 heavy (non-hydrogen) atoms. The Labute approximate surface area is 96.4 Å². The average Bonchev–Trinajstić information content (AvgIpc) is 2.84. The summed E-state index contributed by atoms with van der Waals surface area (Å²) >= 11 is 0. The molecule has 2 N–H and O–H groups in total. The van der Waals surface area contributed by atoms with E-state index in [1.165, 1.54) is 0 Å². The minimum atomic E-state index is 0.0855. The molecule has 0 radical (unpaired) electrons. The summed E-state index contributed by atoms with van der Waals surface area (Å²) in [6.45, 7) is 3.85. The molecule has 2 rings (SSSR count). The van der Waals surface area contributed by atoms with Gasteiger partial charge in [-0.15, -0.1) is 0 Å². The van der Waals surface area contributed by atoms with Gasteiger partial charge in [-0.05, 0) is 24.5 Å². The first-order valence-corrected chi connectivity index (χ1v) is 5.88. The monoisotopic (exact) mass is 221 g/mol. The first-order chi connectivity index (χ1) is 7.83. The maximum atomic E-state index is 6.18. The number of rotatable bonds is 4. The van der Waals surface area contributed by atoms with Gasteiger partial charge in [0, 0.05) is 25.0 Å². The summed E-state index contributed by atoms with van der Waals surface area (Å²) in [5.41, 5.74) is 7.32. The highest BCUT2D eigenvalue weighted by Gasteiger charge is 2.29.